The Morgan fingerprint density at radius 3 is 2.27 bits per heavy atom. The molecule has 0 fully saturated rings. The van der Waals surface area contributed by atoms with Gasteiger partial charge in [0.1, 0.15) is 0 Å². The fourth-order valence-electron chi connectivity index (χ4n) is 2.21. The van der Waals surface area contributed by atoms with E-state index in [2.05, 4.69) is 29.5 Å². The lowest BCUT2D eigenvalue weighted by molar-refractivity contribution is 0.520. The van der Waals surface area contributed by atoms with Crippen molar-refractivity contribution in [3.8, 4) is 0 Å². The second-order valence-electron chi connectivity index (χ2n) is 6.59. The van der Waals surface area contributed by atoms with Crippen LogP contribution in [0.1, 0.15) is 39.2 Å². The fraction of sp³-hybridized carbons (Fsp3) is 0.611. The first-order valence-electron chi connectivity index (χ1n) is 8.81. The minimum atomic E-state index is -3.38. The molecule has 0 aliphatic heterocycles. The number of aliphatic imine (C=N–C) groups is 1. The van der Waals surface area contributed by atoms with Crippen LogP contribution < -0.4 is 10.6 Å². The number of hydrogen-bond donors (Lipinski definition) is 2. The zero-order valence-electron chi connectivity index (χ0n) is 16.4. The Hall–Kier alpha value is -0.870. The number of benzene rings is 1. The van der Waals surface area contributed by atoms with E-state index in [0.29, 0.717) is 17.4 Å². The third kappa shape index (κ3) is 8.68. The summed E-state index contributed by atoms with van der Waals surface area (Å²) in [5.74, 6) is 1.49. The molecular weight excluding hydrogens is 463 g/mol. The molecule has 6 nitrogen and oxygen atoms in total. The highest BCUT2D eigenvalue weighted by atomic mass is 127. The van der Waals surface area contributed by atoms with Gasteiger partial charge in [-0.1, -0.05) is 26.0 Å². The molecule has 0 heterocycles. The molecule has 0 amide bonds. The predicted octanol–water partition coefficient (Wildman–Crippen LogP) is 3.05. The van der Waals surface area contributed by atoms with E-state index in [1.165, 1.54) is 24.8 Å². The molecule has 2 N–H and O–H groups in total. The smallest absolute Gasteiger partial charge is 0.242 e. The van der Waals surface area contributed by atoms with Gasteiger partial charge in [-0.05, 0) is 43.4 Å². The molecular formula is C18H33IN4O2S. The lowest BCUT2D eigenvalue weighted by Gasteiger charge is -2.13. The van der Waals surface area contributed by atoms with E-state index in [-0.39, 0.29) is 24.0 Å². The Labute approximate surface area is 175 Å². The molecule has 0 radical (unpaired) electrons. The van der Waals surface area contributed by atoms with Crippen LogP contribution in [0, 0.1) is 5.92 Å². The first-order chi connectivity index (χ1) is 11.8. The highest BCUT2D eigenvalue weighted by Crippen LogP contribution is 2.14. The van der Waals surface area contributed by atoms with E-state index in [1.807, 2.05) is 19.1 Å². The average Bonchev–Trinajstić information content (AvgIpc) is 2.56. The van der Waals surface area contributed by atoms with Crippen molar-refractivity contribution in [1.29, 1.82) is 0 Å². The zero-order chi connectivity index (χ0) is 18.9. The summed E-state index contributed by atoms with van der Waals surface area (Å²) in [6, 6.07) is 6.87. The van der Waals surface area contributed by atoms with E-state index in [0.717, 1.165) is 31.0 Å². The van der Waals surface area contributed by atoms with Gasteiger partial charge in [-0.2, -0.15) is 0 Å². The van der Waals surface area contributed by atoms with Gasteiger partial charge in [-0.25, -0.2) is 17.7 Å². The van der Waals surface area contributed by atoms with Crippen LogP contribution in [-0.2, 0) is 16.6 Å². The number of nitrogens with zero attached hydrogens (tertiary/aromatic N) is 2. The molecule has 0 atom stereocenters. The lowest BCUT2D eigenvalue weighted by atomic mass is 10.1. The molecule has 1 aromatic rings. The van der Waals surface area contributed by atoms with Crippen LogP contribution in [0.4, 0.5) is 0 Å². The van der Waals surface area contributed by atoms with Crippen molar-refractivity contribution in [2.24, 2.45) is 10.9 Å². The van der Waals surface area contributed by atoms with Crippen LogP contribution in [-0.4, -0.2) is 45.9 Å². The lowest BCUT2D eigenvalue weighted by Crippen LogP contribution is -2.37. The Balaban J connectivity index is 0.00000625. The molecule has 26 heavy (non-hydrogen) atoms. The van der Waals surface area contributed by atoms with Crippen LogP contribution in [0.3, 0.4) is 0 Å². The topological polar surface area (TPSA) is 73.8 Å². The number of sulfonamides is 1. The molecule has 150 valence electrons. The normalized spacial score (nSPS) is 12.2. The summed E-state index contributed by atoms with van der Waals surface area (Å²) >= 11 is 0. The second-order valence-corrected chi connectivity index (χ2v) is 8.74. The van der Waals surface area contributed by atoms with Crippen molar-refractivity contribution in [2.45, 2.75) is 45.1 Å². The first-order valence-corrected chi connectivity index (χ1v) is 10.2. The molecule has 0 bridgehead atoms. The van der Waals surface area contributed by atoms with E-state index in [1.54, 1.807) is 12.1 Å². The van der Waals surface area contributed by atoms with E-state index in [9.17, 15) is 8.42 Å². The number of halogens is 1. The molecule has 0 spiro atoms. The van der Waals surface area contributed by atoms with Gasteiger partial charge in [0.05, 0.1) is 11.4 Å². The quantitative estimate of drug-likeness (QED) is 0.239. The van der Waals surface area contributed by atoms with Crippen molar-refractivity contribution >= 4 is 40.0 Å². The largest absolute Gasteiger partial charge is 0.357 e. The molecule has 1 rings (SSSR count). The van der Waals surface area contributed by atoms with Crippen molar-refractivity contribution in [1.82, 2.24) is 14.9 Å². The summed E-state index contributed by atoms with van der Waals surface area (Å²) in [6.07, 6.45) is 2.30. The molecule has 0 unspecified atom stereocenters. The van der Waals surface area contributed by atoms with Crippen LogP contribution in [0.2, 0.25) is 0 Å². The summed E-state index contributed by atoms with van der Waals surface area (Å²) in [7, 11) is -0.325. The molecule has 0 saturated heterocycles. The maximum absolute atomic E-state index is 12.1. The van der Waals surface area contributed by atoms with E-state index in [4.69, 9.17) is 0 Å². The van der Waals surface area contributed by atoms with E-state index < -0.39 is 10.0 Å². The fourth-order valence-corrected chi connectivity index (χ4v) is 3.11. The molecule has 0 aliphatic carbocycles. The predicted molar refractivity (Wildman–Crippen MR) is 120 cm³/mol. The second kappa shape index (κ2) is 12.5. The third-order valence-electron chi connectivity index (χ3n) is 3.72. The van der Waals surface area contributed by atoms with Gasteiger partial charge >= 0.3 is 0 Å². The monoisotopic (exact) mass is 496 g/mol. The number of guanidine groups is 1. The van der Waals surface area contributed by atoms with Gasteiger partial charge in [0.25, 0.3) is 0 Å². The highest BCUT2D eigenvalue weighted by Gasteiger charge is 2.16. The van der Waals surface area contributed by atoms with Gasteiger partial charge in [-0.15, -0.1) is 24.0 Å². The maximum Gasteiger partial charge on any atom is 0.242 e. The Bertz CT molecular complexity index is 644. The first kappa shape index (κ1) is 25.1. The standard InChI is InChI=1S/C18H32N4O2S.HI/c1-6-19-18(20-13-7-8-15(2)3)21-14-16-9-11-17(12-10-16)25(23,24)22(4)5;/h9-12,15H,6-8,13-14H2,1-5H3,(H2,19,20,21);1H. The van der Waals surface area contributed by atoms with Crippen LogP contribution >= 0.6 is 24.0 Å². The Morgan fingerprint density at radius 1 is 1.15 bits per heavy atom. The van der Waals surface area contributed by atoms with Crippen molar-refractivity contribution in [3.05, 3.63) is 29.8 Å². The van der Waals surface area contributed by atoms with Gasteiger partial charge in [0.15, 0.2) is 5.96 Å². The van der Waals surface area contributed by atoms with Gasteiger partial charge < -0.3 is 10.6 Å². The molecule has 1 aromatic carbocycles. The minimum Gasteiger partial charge on any atom is -0.357 e. The number of nitrogens with one attached hydrogen (secondary N) is 2. The molecule has 0 aliphatic rings. The summed E-state index contributed by atoms with van der Waals surface area (Å²) in [5.41, 5.74) is 0.970. The highest BCUT2D eigenvalue weighted by molar-refractivity contribution is 14.0. The van der Waals surface area contributed by atoms with Crippen molar-refractivity contribution in [3.63, 3.8) is 0 Å². The summed E-state index contributed by atoms with van der Waals surface area (Å²) in [6.45, 7) is 8.67. The average molecular weight is 496 g/mol. The Kier molecular flexibility index (Phi) is 12.1. The molecule has 0 aromatic heterocycles. The van der Waals surface area contributed by atoms with Crippen molar-refractivity contribution in [2.75, 3.05) is 27.2 Å². The van der Waals surface area contributed by atoms with E-state index >= 15 is 0 Å². The number of rotatable bonds is 9. The van der Waals surface area contributed by atoms with Gasteiger partial charge in [0.2, 0.25) is 10.0 Å². The van der Waals surface area contributed by atoms with Crippen molar-refractivity contribution < 1.29 is 8.42 Å². The van der Waals surface area contributed by atoms with Crippen LogP contribution in [0.25, 0.3) is 0 Å². The van der Waals surface area contributed by atoms with Crippen LogP contribution in [0.5, 0.6) is 0 Å². The summed E-state index contributed by atoms with van der Waals surface area (Å²) in [4.78, 5) is 4.86. The zero-order valence-corrected chi connectivity index (χ0v) is 19.6. The minimum absolute atomic E-state index is 0. The Morgan fingerprint density at radius 2 is 1.77 bits per heavy atom. The molecule has 0 saturated carbocycles. The van der Waals surface area contributed by atoms with Gasteiger partial charge in [-0.3, -0.25) is 0 Å². The maximum atomic E-state index is 12.1. The number of hydrogen-bond acceptors (Lipinski definition) is 3. The third-order valence-corrected chi connectivity index (χ3v) is 5.55. The SMILES string of the molecule is CCNC(=NCc1ccc(S(=O)(=O)N(C)C)cc1)NCCCC(C)C.I. The summed E-state index contributed by atoms with van der Waals surface area (Å²) < 4.78 is 25.3. The van der Waals surface area contributed by atoms with Gasteiger partial charge in [0, 0.05) is 27.2 Å². The van der Waals surface area contributed by atoms with Crippen LogP contribution in [0.15, 0.2) is 34.2 Å². The summed E-state index contributed by atoms with van der Waals surface area (Å²) in [5, 5.41) is 6.56. The molecule has 8 heteroatoms.